The van der Waals surface area contributed by atoms with E-state index in [2.05, 4.69) is 4.72 Å². The van der Waals surface area contributed by atoms with Crippen LogP contribution in [0.2, 0.25) is 0 Å². The average molecular weight is 271 g/mol. The monoisotopic (exact) mass is 271 g/mol. The average Bonchev–Trinajstić information content (AvgIpc) is 2.29. The van der Waals surface area contributed by atoms with E-state index in [0.29, 0.717) is 6.42 Å². The fraction of sp³-hybridized carbons (Fsp3) is 0.538. The van der Waals surface area contributed by atoms with E-state index in [4.69, 9.17) is 0 Å². The molecule has 1 aromatic carbocycles. The molecule has 1 atom stereocenters. The topological polar surface area (TPSA) is 66.4 Å². The highest BCUT2D eigenvalue weighted by Gasteiger charge is 2.14. The highest BCUT2D eigenvalue weighted by atomic mass is 32.2. The zero-order valence-corrected chi connectivity index (χ0v) is 11.9. The summed E-state index contributed by atoms with van der Waals surface area (Å²) >= 11 is 0. The van der Waals surface area contributed by atoms with Gasteiger partial charge in [-0.3, -0.25) is 0 Å². The molecule has 0 saturated carbocycles. The highest BCUT2D eigenvalue weighted by molar-refractivity contribution is 7.89. The number of rotatable bonds is 6. The summed E-state index contributed by atoms with van der Waals surface area (Å²) < 4.78 is 25.4. The fourth-order valence-electron chi connectivity index (χ4n) is 1.78. The molecular formula is C13H21NO3S. The molecular weight excluding hydrogens is 250 g/mol. The number of nitrogens with one attached hydrogen (secondary N) is 1. The maximum Gasteiger partial charge on any atom is 0.211 e. The Morgan fingerprint density at radius 3 is 2.61 bits per heavy atom. The Kier molecular flexibility index (Phi) is 5.31. The lowest BCUT2D eigenvalue weighted by Gasteiger charge is -2.15. The van der Waals surface area contributed by atoms with Crippen molar-refractivity contribution in [1.29, 1.82) is 0 Å². The van der Waals surface area contributed by atoms with Gasteiger partial charge in [0.25, 0.3) is 0 Å². The maximum absolute atomic E-state index is 11.5. The third kappa shape index (κ3) is 4.40. The molecule has 0 fully saturated rings. The van der Waals surface area contributed by atoms with Gasteiger partial charge in [-0.05, 0) is 31.4 Å². The lowest BCUT2D eigenvalue weighted by molar-refractivity contribution is 0.181. The van der Waals surface area contributed by atoms with Crippen molar-refractivity contribution in [3.05, 3.63) is 34.9 Å². The van der Waals surface area contributed by atoms with Gasteiger partial charge >= 0.3 is 0 Å². The predicted molar refractivity (Wildman–Crippen MR) is 73.0 cm³/mol. The summed E-state index contributed by atoms with van der Waals surface area (Å²) in [6.45, 7) is 5.67. The molecule has 0 bridgehead atoms. The molecule has 1 rings (SSSR count). The van der Waals surface area contributed by atoms with Crippen LogP contribution in [0.1, 0.15) is 36.1 Å². The highest BCUT2D eigenvalue weighted by Crippen LogP contribution is 2.18. The molecule has 1 aromatic rings. The Labute approximate surface area is 109 Å². The van der Waals surface area contributed by atoms with Crippen molar-refractivity contribution in [3.8, 4) is 0 Å². The van der Waals surface area contributed by atoms with Crippen molar-refractivity contribution in [2.45, 2.75) is 33.3 Å². The zero-order chi connectivity index (χ0) is 13.8. The van der Waals surface area contributed by atoms with Gasteiger partial charge in [-0.25, -0.2) is 13.1 Å². The second-order valence-electron chi connectivity index (χ2n) is 4.54. The van der Waals surface area contributed by atoms with E-state index >= 15 is 0 Å². The van der Waals surface area contributed by atoms with Gasteiger partial charge in [0.1, 0.15) is 0 Å². The largest absolute Gasteiger partial charge is 0.387 e. The molecule has 0 aromatic heterocycles. The molecule has 2 N–H and O–H groups in total. The van der Waals surface area contributed by atoms with Crippen LogP contribution >= 0.6 is 0 Å². The van der Waals surface area contributed by atoms with Gasteiger partial charge in [0.05, 0.1) is 11.9 Å². The van der Waals surface area contributed by atoms with Gasteiger partial charge in [0, 0.05) is 6.54 Å². The predicted octanol–water partition coefficient (Wildman–Crippen LogP) is 1.67. The summed E-state index contributed by atoms with van der Waals surface area (Å²) in [4.78, 5) is 0. The summed E-state index contributed by atoms with van der Waals surface area (Å²) in [5.41, 5.74) is 2.78. The van der Waals surface area contributed by atoms with Crippen molar-refractivity contribution in [1.82, 2.24) is 4.72 Å². The Bertz CT molecular complexity index is 497. The lowest BCUT2D eigenvalue weighted by atomic mass is 10.0. The quantitative estimate of drug-likeness (QED) is 0.827. The molecule has 0 aliphatic carbocycles. The molecule has 102 valence electrons. The normalized spacial score (nSPS) is 13.6. The molecule has 0 aliphatic rings. The Morgan fingerprint density at radius 2 is 2.00 bits per heavy atom. The van der Waals surface area contributed by atoms with Crippen LogP contribution in [0.5, 0.6) is 0 Å². The van der Waals surface area contributed by atoms with Crippen molar-refractivity contribution < 1.29 is 13.5 Å². The molecule has 0 amide bonds. The van der Waals surface area contributed by atoms with Gasteiger partial charge in [-0.15, -0.1) is 0 Å². The molecule has 1 unspecified atom stereocenters. The number of aliphatic hydroxyl groups excluding tert-OH is 1. The molecule has 0 saturated heterocycles. The Morgan fingerprint density at radius 1 is 1.33 bits per heavy atom. The number of hydrogen-bond donors (Lipinski definition) is 2. The Balaban J connectivity index is 2.71. The van der Waals surface area contributed by atoms with Gasteiger partial charge in [0.15, 0.2) is 0 Å². The van der Waals surface area contributed by atoms with E-state index in [-0.39, 0.29) is 12.3 Å². The van der Waals surface area contributed by atoms with Crippen LogP contribution in [0.3, 0.4) is 0 Å². The molecule has 0 spiro atoms. The molecule has 0 aliphatic heterocycles. The minimum absolute atomic E-state index is 0.0205. The van der Waals surface area contributed by atoms with E-state index in [0.717, 1.165) is 16.7 Å². The number of aryl methyl sites for hydroxylation is 2. The number of benzene rings is 1. The first-order valence-electron chi connectivity index (χ1n) is 6.08. The van der Waals surface area contributed by atoms with Crippen molar-refractivity contribution >= 4 is 10.0 Å². The number of hydrogen-bond acceptors (Lipinski definition) is 3. The first-order chi connectivity index (χ1) is 8.35. The summed E-state index contributed by atoms with van der Waals surface area (Å²) in [7, 11) is -3.27. The van der Waals surface area contributed by atoms with E-state index in [1.54, 1.807) is 6.92 Å². The van der Waals surface area contributed by atoms with Gasteiger partial charge < -0.3 is 5.11 Å². The molecule has 18 heavy (non-hydrogen) atoms. The van der Waals surface area contributed by atoms with Crippen LogP contribution in [0.4, 0.5) is 0 Å². The van der Waals surface area contributed by atoms with Gasteiger partial charge in [-0.2, -0.15) is 0 Å². The minimum Gasteiger partial charge on any atom is -0.387 e. The summed E-state index contributed by atoms with van der Waals surface area (Å²) in [5.74, 6) is 0.0898. The standard InChI is InChI=1S/C13H21NO3S/c1-4-7-18(16,17)14-9-13(15)12-8-10(2)5-6-11(12)3/h5-6,8,13-15H,4,7,9H2,1-3H3. The third-order valence-corrected chi connectivity index (χ3v) is 4.32. The second kappa shape index (κ2) is 6.31. The fourth-order valence-corrected chi connectivity index (χ4v) is 2.87. The smallest absolute Gasteiger partial charge is 0.211 e. The minimum atomic E-state index is -3.27. The molecule has 4 nitrogen and oxygen atoms in total. The van der Waals surface area contributed by atoms with E-state index in [1.807, 2.05) is 32.0 Å². The first kappa shape index (κ1) is 15.1. The van der Waals surface area contributed by atoms with Crippen molar-refractivity contribution in [2.24, 2.45) is 0 Å². The zero-order valence-electron chi connectivity index (χ0n) is 11.1. The lowest BCUT2D eigenvalue weighted by Crippen LogP contribution is -2.30. The number of aliphatic hydroxyl groups is 1. The van der Waals surface area contributed by atoms with Crippen molar-refractivity contribution in [2.75, 3.05) is 12.3 Å². The van der Waals surface area contributed by atoms with Crippen LogP contribution in [0.15, 0.2) is 18.2 Å². The van der Waals surface area contributed by atoms with Gasteiger partial charge in [-0.1, -0.05) is 30.7 Å². The van der Waals surface area contributed by atoms with Crippen LogP contribution < -0.4 is 4.72 Å². The summed E-state index contributed by atoms with van der Waals surface area (Å²) in [6.07, 6.45) is -0.244. The third-order valence-electron chi connectivity index (χ3n) is 2.76. The Hall–Kier alpha value is -0.910. The summed E-state index contributed by atoms with van der Waals surface area (Å²) in [6, 6.07) is 5.77. The van der Waals surface area contributed by atoms with Crippen LogP contribution in [0, 0.1) is 13.8 Å². The maximum atomic E-state index is 11.5. The van der Waals surface area contributed by atoms with Gasteiger partial charge in [0.2, 0.25) is 10.0 Å². The van der Waals surface area contributed by atoms with E-state index < -0.39 is 16.1 Å². The number of sulfonamides is 1. The summed E-state index contributed by atoms with van der Waals surface area (Å²) in [5, 5.41) is 10.0. The first-order valence-corrected chi connectivity index (χ1v) is 7.73. The van der Waals surface area contributed by atoms with E-state index in [1.165, 1.54) is 0 Å². The van der Waals surface area contributed by atoms with Crippen LogP contribution in [-0.2, 0) is 10.0 Å². The SMILES string of the molecule is CCCS(=O)(=O)NCC(O)c1cc(C)ccc1C. The second-order valence-corrected chi connectivity index (χ2v) is 6.47. The van der Waals surface area contributed by atoms with Crippen LogP contribution in [0.25, 0.3) is 0 Å². The van der Waals surface area contributed by atoms with Crippen LogP contribution in [-0.4, -0.2) is 25.8 Å². The van der Waals surface area contributed by atoms with Crippen molar-refractivity contribution in [3.63, 3.8) is 0 Å². The molecule has 0 heterocycles. The molecule has 5 heteroatoms. The molecule has 0 radical (unpaired) electrons. The van der Waals surface area contributed by atoms with E-state index in [9.17, 15) is 13.5 Å².